The highest BCUT2D eigenvalue weighted by Gasteiger charge is 2.30. The van der Waals surface area contributed by atoms with Gasteiger partial charge in [-0.25, -0.2) is 13.1 Å². The molecule has 0 aliphatic rings. The predicted molar refractivity (Wildman–Crippen MR) is 70.8 cm³/mol. The van der Waals surface area contributed by atoms with Crippen molar-refractivity contribution in [1.82, 2.24) is 4.72 Å². The molecule has 1 aromatic rings. The second kappa shape index (κ2) is 7.08. The van der Waals surface area contributed by atoms with Crippen molar-refractivity contribution in [3.8, 4) is 0 Å². The molecule has 0 saturated carbocycles. The number of halogens is 3. The number of hydrogen-bond acceptors (Lipinski definition) is 2. The fourth-order valence-corrected chi connectivity index (χ4v) is 2.74. The molecule has 0 aliphatic carbocycles. The third kappa shape index (κ3) is 5.13. The molecule has 1 N–H and O–H groups in total. The van der Waals surface area contributed by atoms with E-state index >= 15 is 0 Å². The van der Waals surface area contributed by atoms with Gasteiger partial charge in [0.15, 0.2) is 0 Å². The van der Waals surface area contributed by atoms with Gasteiger partial charge >= 0.3 is 6.18 Å². The van der Waals surface area contributed by atoms with Gasteiger partial charge in [-0.15, -0.1) is 0 Å². The average Bonchev–Trinajstić information content (AvgIpc) is 2.37. The Bertz CT molecular complexity index is 509. The minimum absolute atomic E-state index is 0.152. The Balaban J connectivity index is 2.64. The van der Waals surface area contributed by atoms with Crippen molar-refractivity contribution < 1.29 is 21.6 Å². The van der Waals surface area contributed by atoms with Crippen LogP contribution in [0.25, 0.3) is 0 Å². The van der Waals surface area contributed by atoms with E-state index in [9.17, 15) is 21.6 Å². The highest BCUT2D eigenvalue weighted by atomic mass is 32.2. The molecular formula is C13H18F3NO2S. The quantitative estimate of drug-likeness (QED) is 0.783. The molecule has 0 bridgehead atoms. The Morgan fingerprint density at radius 1 is 1.05 bits per heavy atom. The van der Waals surface area contributed by atoms with Gasteiger partial charge in [0.05, 0.1) is 10.5 Å². The van der Waals surface area contributed by atoms with Crippen LogP contribution >= 0.6 is 0 Å². The van der Waals surface area contributed by atoms with E-state index in [1.807, 2.05) is 6.92 Å². The summed E-state index contributed by atoms with van der Waals surface area (Å²) in [7, 11) is -3.73. The van der Waals surface area contributed by atoms with Crippen LogP contribution in [0.1, 0.15) is 38.2 Å². The molecule has 0 aliphatic heterocycles. The molecule has 3 nitrogen and oxygen atoms in total. The Morgan fingerprint density at radius 3 is 2.15 bits per heavy atom. The van der Waals surface area contributed by atoms with Crippen LogP contribution in [0.5, 0.6) is 0 Å². The zero-order valence-corrected chi connectivity index (χ0v) is 12.0. The molecule has 114 valence electrons. The van der Waals surface area contributed by atoms with Gasteiger partial charge in [0, 0.05) is 6.54 Å². The van der Waals surface area contributed by atoms with E-state index < -0.39 is 21.8 Å². The molecule has 0 radical (unpaired) electrons. The molecule has 0 atom stereocenters. The summed E-state index contributed by atoms with van der Waals surface area (Å²) in [5.74, 6) is 0. The second-order valence-corrected chi connectivity index (χ2v) is 6.25. The van der Waals surface area contributed by atoms with E-state index in [1.165, 1.54) is 0 Å². The molecule has 0 heterocycles. The van der Waals surface area contributed by atoms with Gasteiger partial charge in [-0.2, -0.15) is 13.2 Å². The maximum atomic E-state index is 12.4. The lowest BCUT2D eigenvalue weighted by Crippen LogP contribution is -2.24. The van der Waals surface area contributed by atoms with Crippen LogP contribution in [-0.2, 0) is 16.2 Å². The topological polar surface area (TPSA) is 46.2 Å². The third-order valence-electron chi connectivity index (χ3n) is 2.81. The van der Waals surface area contributed by atoms with E-state index in [0.717, 1.165) is 43.5 Å². The van der Waals surface area contributed by atoms with E-state index in [2.05, 4.69) is 4.72 Å². The molecule has 7 heteroatoms. The summed E-state index contributed by atoms with van der Waals surface area (Å²) in [6.45, 7) is 2.34. The van der Waals surface area contributed by atoms with Crippen LogP contribution in [0.15, 0.2) is 29.2 Å². The van der Waals surface area contributed by atoms with Crippen molar-refractivity contribution in [2.45, 2.75) is 43.7 Å². The summed E-state index contributed by atoms with van der Waals surface area (Å²) < 4.78 is 63.2. The highest BCUT2D eigenvalue weighted by Crippen LogP contribution is 2.29. The number of benzene rings is 1. The summed E-state index contributed by atoms with van der Waals surface area (Å²) in [5, 5.41) is 0. The summed E-state index contributed by atoms with van der Waals surface area (Å²) in [6.07, 6.45) is -0.747. The number of alkyl halides is 3. The molecule has 1 rings (SSSR count). The van der Waals surface area contributed by atoms with Gasteiger partial charge in [-0.3, -0.25) is 0 Å². The predicted octanol–water partition coefficient (Wildman–Crippen LogP) is 3.56. The Morgan fingerprint density at radius 2 is 1.65 bits per heavy atom. The van der Waals surface area contributed by atoms with E-state index in [4.69, 9.17) is 0 Å². The second-order valence-electron chi connectivity index (χ2n) is 4.48. The number of unbranched alkanes of at least 4 members (excludes halogenated alkanes) is 3. The first-order valence-corrected chi connectivity index (χ1v) is 7.92. The largest absolute Gasteiger partial charge is 0.416 e. The number of sulfonamides is 1. The highest BCUT2D eigenvalue weighted by molar-refractivity contribution is 7.89. The lowest BCUT2D eigenvalue weighted by atomic mass is 10.2. The SMILES string of the molecule is CCCCCCNS(=O)(=O)c1ccc(C(F)(F)F)cc1. The fraction of sp³-hybridized carbons (Fsp3) is 0.538. The van der Waals surface area contributed by atoms with E-state index in [0.29, 0.717) is 13.0 Å². The van der Waals surface area contributed by atoms with Crippen molar-refractivity contribution in [3.05, 3.63) is 29.8 Å². The summed E-state index contributed by atoms with van der Waals surface area (Å²) in [4.78, 5) is -0.152. The third-order valence-corrected chi connectivity index (χ3v) is 4.29. The van der Waals surface area contributed by atoms with E-state index in [1.54, 1.807) is 0 Å². The fourth-order valence-electron chi connectivity index (χ4n) is 1.66. The van der Waals surface area contributed by atoms with Crippen LogP contribution in [-0.4, -0.2) is 15.0 Å². The maximum Gasteiger partial charge on any atom is 0.416 e. The average molecular weight is 309 g/mol. The monoisotopic (exact) mass is 309 g/mol. The van der Waals surface area contributed by atoms with Gasteiger partial charge < -0.3 is 0 Å². The molecule has 0 unspecified atom stereocenters. The van der Waals surface area contributed by atoms with Crippen LogP contribution < -0.4 is 4.72 Å². The molecule has 0 aromatic heterocycles. The number of nitrogens with one attached hydrogen (secondary N) is 1. The minimum atomic E-state index is -4.46. The molecule has 0 spiro atoms. The van der Waals surface area contributed by atoms with Crippen molar-refractivity contribution in [2.24, 2.45) is 0 Å². The lowest BCUT2D eigenvalue weighted by molar-refractivity contribution is -0.137. The zero-order valence-electron chi connectivity index (χ0n) is 11.2. The molecule has 0 fully saturated rings. The summed E-state index contributed by atoms with van der Waals surface area (Å²) in [6, 6.07) is 3.48. The molecule has 0 saturated heterocycles. The van der Waals surface area contributed by atoms with Gasteiger partial charge in [-0.05, 0) is 30.7 Å². The van der Waals surface area contributed by atoms with Crippen LogP contribution in [0.2, 0.25) is 0 Å². The summed E-state index contributed by atoms with van der Waals surface area (Å²) >= 11 is 0. The Hall–Kier alpha value is -1.08. The molecule has 0 amide bonds. The number of hydrogen-bond donors (Lipinski definition) is 1. The van der Waals surface area contributed by atoms with Crippen molar-refractivity contribution >= 4 is 10.0 Å². The Labute approximate surface area is 117 Å². The molecular weight excluding hydrogens is 291 g/mol. The first-order valence-electron chi connectivity index (χ1n) is 6.44. The van der Waals surface area contributed by atoms with Gasteiger partial charge in [0.2, 0.25) is 10.0 Å². The summed E-state index contributed by atoms with van der Waals surface area (Å²) in [5.41, 5.74) is -0.862. The van der Waals surface area contributed by atoms with Gasteiger partial charge in [0.25, 0.3) is 0 Å². The minimum Gasteiger partial charge on any atom is -0.211 e. The van der Waals surface area contributed by atoms with Gasteiger partial charge in [-0.1, -0.05) is 26.2 Å². The maximum absolute atomic E-state index is 12.4. The van der Waals surface area contributed by atoms with Crippen LogP contribution in [0.3, 0.4) is 0 Å². The lowest BCUT2D eigenvalue weighted by Gasteiger charge is -2.09. The first kappa shape index (κ1) is 17.0. The Kier molecular flexibility index (Phi) is 6.01. The van der Waals surface area contributed by atoms with Crippen molar-refractivity contribution in [1.29, 1.82) is 0 Å². The smallest absolute Gasteiger partial charge is 0.211 e. The van der Waals surface area contributed by atoms with Crippen LogP contribution in [0.4, 0.5) is 13.2 Å². The van der Waals surface area contributed by atoms with Crippen molar-refractivity contribution in [3.63, 3.8) is 0 Å². The molecule has 20 heavy (non-hydrogen) atoms. The molecule has 1 aromatic carbocycles. The normalized spacial score (nSPS) is 12.6. The standard InChI is InChI=1S/C13H18F3NO2S/c1-2-3-4-5-10-17-20(18,19)12-8-6-11(7-9-12)13(14,15)16/h6-9,17H,2-5,10H2,1H3. The van der Waals surface area contributed by atoms with Crippen LogP contribution in [0, 0.1) is 0 Å². The number of rotatable bonds is 7. The zero-order chi connectivity index (χ0) is 15.2. The first-order chi connectivity index (χ1) is 9.27. The van der Waals surface area contributed by atoms with E-state index in [-0.39, 0.29) is 4.90 Å². The van der Waals surface area contributed by atoms with Crippen molar-refractivity contribution in [2.75, 3.05) is 6.54 Å². The van der Waals surface area contributed by atoms with Gasteiger partial charge in [0.1, 0.15) is 0 Å².